The largest absolute Gasteiger partial charge is 0.494 e. The lowest BCUT2D eigenvalue weighted by Crippen LogP contribution is -2.56. The summed E-state index contributed by atoms with van der Waals surface area (Å²) in [6, 6.07) is 13.0. The first-order valence-corrected chi connectivity index (χ1v) is 13.8. The van der Waals surface area contributed by atoms with Gasteiger partial charge in [0.1, 0.15) is 22.8 Å². The monoisotopic (exact) mass is 533 g/mol. The van der Waals surface area contributed by atoms with Crippen LogP contribution >= 0.6 is 0 Å². The van der Waals surface area contributed by atoms with Crippen LogP contribution in [0.15, 0.2) is 53.4 Å². The van der Waals surface area contributed by atoms with Gasteiger partial charge in [-0.25, -0.2) is 13.2 Å². The summed E-state index contributed by atoms with van der Waals surface area (Å²) in [7, 11) is -4.16. The summed E-state index contributed by atoms with van der Waals surface area (Å²) in [5.41, 5.74) is -0.687. The highest BCUT2D eigenvalue weighted by Gasteiger charge is 2.54. The lowest BCUT2D eigenvalue weighted by atomic mass is 9.96. The van der Waals surface area contributed by atoms with Crippen molar-refractivity contribution in [1.82, 2.24) is 4.90 Å². The standard InChI is InChI=1S/C27H35NO8S/c1-6-33-20-8-10-21(11-9-20)35-22-12-14-23(15-13-22)37(31,32)27(24(29)34-7-2)16-18-28(19-17-27)25(30)36-26(3,4)5/h8-15H,6-7,16-19H2,1-5H3. The van der Waals surface area contributed by atoms with E-state index in [0.717, 1.165) is 5.75 Å². The molecule has 202 valence electrons. The molecule has 0 N–H and O–H groups in total. The van der Waals surface area contributed by atoms with E-state index in [-0.39, 0.29) is 37.4 Å². The zero-order valence-electron chi connectivity index (χ0n) is 22.0. The third kappa shape index (κ3) is 6.54. The number of likely N-dealkylation sites (tertiary alicyclic amines) is 1. The molecular weight excluding hydrogens is 498 g/mol. The zero-order valence-corrected chi connectivity index (χ0v) is 22.8. The van der Waals surface area contributed by atoms with Crippen molar-refractivity contribution in [2.75, 3.05) is 26.3 Å². The maximum absolute atomic E-state index is 13.8. The number of carbonyl (C=O) groups is 2. The fourth-order valence-corrected chi connectivity index (χ4v) is 5.99. The highest BCUT2D eigenvalue weighted by molar-refractivity contribution is 7.93. The van der Waals surface area contributed by atoms with Gasteiger partial charge in [-0.15, -0.1) is 0 Å². The van der Waals surface area contributed by atoms with Gasteiger partial charge in [0, 0.05) is 13.1 Å². The maximum atomic E-state index is 13.8. The summed E-state index contributed by atoms with van der Waals surface area (Å²) < 4.78 is 47.7. The van der Waals surface area contributed by atoms with Gasteiger partial charge >= 0.3 is 12.1 Å². The predicted molar refractivity (Wildman–Crippen MR) is 138 cm³/mol. The molecule has 0 radical (unpaired) electrons. The molecule has 0 bridgehead atoms. The Morgan fingerprint density at radius 2 is 1.38 bits per heavy atom. The molecule has 0 aromatic heterocycles. The van der Waals surface area contributed by atoms with Crippen LogP contribution in [0.2, 0.25) is 0 Å². The molecule has 1 amide bonds. The topological polar surface area (TPSA) is 108 Å². The number of nitrogens with zero attached hydrogens (tertiary/aromatic N) is 1. The molecule has 0 spiro atoms. The van der Waals surface area contributed by atoms with Crippen LogP contribution in [0.4, 0.5) is 4.79 Å². The Balaban J connectivity index is 1.80. The minimum Gasteiger partial charge on any atom is -0.494 e. The van der Waals surface area contributed by atoms with Crippen LogP contribution in [0.25, 0.3) is 0 Å². The predicted octanol–water partition coefficient (Wildman–Crippen LogP) is 4.98. The molecule has 9 nitrogen and oxygen atoms in total. The highest BCUT2D eigenvalue weighted by atomic mass is 32.2. The van der Waals surface area contributed by atoms with E-state index in [4.69, 9.17) is 18.9 Å². The highest BCUT2D eigenvalue weighted by Crippen LogP contribution is 2.38. The Kier molecular flexibility index (Phi) is 8.73. The summed E-state index contributed by atoms with van der Waals surface area (Å²) in [6.45, 7) is 9.49. The first-order chi connectivity index (χ1) is 17.4. The Bertz CT molecular complexity index is 1180. The van der Waals surface area contributed by atoms with Crippen molar-refractivity contribution in [1.29, 1.82) is 0 Å². The molecule has 2 aromatic rings. The molecule has 1 aliphatic heterocycles. The van der Waals surface area contributed by atoms with Crippen molar-refractivity contribution in [3.8, 4) is 17.2 Å². The number of carbonyl (C=O) groups excluding carboxylic acids is 2. The van der Waals surface area contributed by atoms with Crippen LogP contribution in [-0.4, -0.2) is 62.0 Å². The van der Waals surface area contributed by atoms with Gasteiger partial charge in [-0.1, -0.05) is 0 Å². The average Bonchev–Trinajstić information content (AvgIpc) is 2.85. The van der Waals surface area contributed by atoms with Crippen molar-refractivity contribution in [3.05, 3.63) is 48.5 Å². The SMILES string of the molecule is CCOC(=O)C1(S(=O)(=O)c2ccc(Oc3ccc(OCC)cc3)cc2)CCN(C(=O)OC(C)(C)C)CC1. The lowest BCUT2D eigenvalue weighted by molar-refractivity contribution is -0.147. The van der Waals surface area contributed by atoms with Crippen LogP contribution in [0.3, 0.4) is 0 Å². The number of hydrogen-bond donors (Lipinski definition) is 0. The number of esters is 1. The summed E-state index contributed by atoms with van der Waals surface area (Å²) in [6.07, 6.45) is -0.742. The molecule has 1 aliphatic rings. The van der Waals surface area contributed by atoms with Crippen molar-refractivity contribution in [3.63, 3.8) is 0 Å². The summed E-state index contributed by atoms with van der Waals surface area (Å²) in [4.78, 5) is 27.0. The molecule has 0 saturated carbocycles. The molecule has 1 fully saturated rings. The molecule has 0 aliphatic carbocycles. The van der Waals surface area contributed by atoms with Crippen molar-refractivity contribution < 1.29 is 37.0 Å². The van der Waals surface area contributed by atoms with Crippen molar-refractivity contribution in [2.24, 2.45) is 0 Å². The number of rotatable bonds is 8. The summed E-state index contributed by atoms with van der Waals surface area (Å²) >= 11 is 0. The number of benzene rings is 2. The second-order valence-electron chi connectivity index (χ2n) is 9.66. The van der Waals surface area contributed by atoms with Gasteiger partial charge in [0.25, 0.3) is 0 Å². The fourth-order valence-electron chi connectivity index (χ4n) is 4.04. The maximum Gasteiger partial charge on any atom is 0.410 e. The number of piperidine rings is 1. The van der Waals surface area contributed by atoms with Gasteiger partial charge < -0.3 is 23.8 Å². The number of hydrogen-bond acceptors (Lipinski definition) is 8. The molecule has 1 heterocycles. The van der Waals surface area contributed by atoms with E-state index in [0.29, 0.717) is 18.1 Å². The fraction of sp³-hybridized carbons (Fsp3) is 0.481. The van der Waals surface area contributed by atoms with E-state index < -0.39 is 32.2 Å². The van der Waals surface area contributed by atoms with Crippen LogP contribution in [0.1, 0.15) is 47.5 Å². The Hall–Kier alpha value is -3.27. The number of amides is 1. The summed E-state index contributed by atoms with van der Waals surface area (Å²) in [5.74, 6) is 0.913. The molecular formula is C27H35NO8S. The van der Waals surface area contributed by atoms with Crippen LogP contribution in [-0.2, 0) is 24.1 Å². The van der Waals surface area contributed by atoms with Gasteiger partial charge in [0.05, 0.1) is 18.1 Å². The smallest absolute Gasteiger partial charge is 0.410 e. The molecule has 0 unspecified atom stereocenters. The second-order valence-corrected chi connectivity index (χ2v) is 11.9. The Labute approximate surface area is 218 Å². The zero-order chi connectivity index (χ0) is 27.3. The quantitative estimate of drug-likeness (QED) is 0.437. The minimum atomic E-state index is -4.16. The third-order valence-electron chi connectivity index (χ3n) is 5.89. The minimum absolute atomic E-state index is 0.0229. The van der Waals surface area contributed by atoms with E-state index in [1.54, 1.807) is 52.0 Å². The van der Waals surface area contributed by atoms with E-state index in [9.17, 15) is 18.0 Å². The lowest BCUT2D eigenvalue weighted by Gasteiger charge is -2.39. The second kappa shape index (κ2) is 11.4. The van der Waals surface area contributed by atoms with E-state index in [1.807, 2.05) is 6.92 Å². The van der Waals surface area contributed by atoms with Gasteiger partial charge in [-0.2, -0.15) is 0 Å². The molecule has 2 aromatic carbocycles. The Morgan fingerprint density at radius 3 is 1.86 bits per heavy atom. The van der Waals surface area contributed by atoms with Gasteiger partial charge in [0.15, 0.2) is 14.6 Å². The van der Waals surface area contributed by atoms with Crippen LogP contribution < -0.4 is 9.47 Å². The van der Waals surface area contributed by atoms with Crippen LogP contribution in [0.5, 0.6) is 17.2 Å². The molecule has 37 heavy (non-hydrogen) atoms. The normalized spacial score (nSPS) is 15.5. The molecule has 10 heteroatoms. The number of ether oxygens (including phenoxy) is 4. The van der Waals surface area contributed by atoms with Crippen LogP contribution in [0, 0.1) is 0 Å². The molecule has 3 rings (SSSR count). The van der Waals surface area contributed by atoms with E-state index in [1.165, 1.54) is 29.2 Å². The van der Waals surface area contributed by atoms with E-state index >= 15 is 0 Å². The number of sulfone groups is 1. The van der Waals surface area contributed by atoms with Gasteiger partial charge in [-0.3, -0.25) is 4.79 Å². The van der Waals surface area contributed by atoms with Gasteiger partial charge in [0.2, 0.25) is 0 Å². The summed E-state index contributed by atoms with van der Waals surface area (Å²) in [5, 5.41) is 0. The van der Waals surface area contributed by atoms with E-state index in [2.05, 4.69) is 0 Å². The van der Waals surface area contributed by atoms with Crippen molar-refractivity contribution in [2.45, 2.75) is 62.7 Å². The van der Waals surface area contributed by atoms with Gasteiger partial charge in [-0.05, 0) is 96.0 Å². The first kappa shape index (κ1) is 28.3. The first-order valence-electron chi connectivity index (χ1n) is 12.3. The Morgan fingerprint density at radius 1 is 0.865 bits per heavy atom. The molecule has 0 atom stereocenters. The molecule has 1 saturated heterocycles. The third-order valence-corrected chi connectivity index (χ3v) is 8.39. The van der Waals surface area contributed by atoms with Crippen molar-refractivity contribution >= 4 is 21.9 Å². The average molecular weight is 534 g/mol.